The summed E-state index contributed by atoms with van der Waals surface area (Å²) in [7, 11) is 0. The fourth-order valence-electron chi connectivity index (χ4n) is 7.04. The standard InChI is InChI=1S/C51H39N/c1-2-51(46-21-13-6-14-22-46)52(47-33-31-43(32-34-47)39-17-9-4-10-18-39)48-35-36-49(50(37-48)44-19-11-5-12-20-44)45-29-27-42(28-30-45)41-25-23-40(24-26-41)38-15-7-3-8-16-38/h2-21,23-37H,1,22H2/b51-46+. The summed E-state index contributed by atoms with van der Waals surface area (Å²) in [5.41, 5.74) is 16.4. The molecule has 1 nitrogen and oxygen atoms in total. The van der Waals surface area contributed by atoms with Crippen LogP contribution >= 0.6 is 0 Å². The van der Waals surface area contributed by atoms with Gasteiger partial charge in [0.05, 0.1) is 0 Å². The molecule has 52 heavy (non-hydrogen) atoms. The van der Waals surface area contributed by atoms with Crippen molar-refractivity contribution >= 4 is 11.4 Å². The maximum absolute atomic E-state index is 4.31. The fourth-order valence-corrected chi connectivity index (χ4v) is 7.04. The smallest absolute Gasteiger partial charge is 0.0490 e. The van der Waals surface area contributed by atoms with Crippen molar-refractivity contribution in [2.75, 3.05) is 4.90 Å². The summed E-state index contributed by atoms with van der Waals surface area (Å²) in [6.07, 6.45) is 11.5. The molecule has 0 unspecified atom stereocenters. The van der Waals surface area contributed by atoms with Gasteiger partial charge in [-0.2, -0.15) is 0 Å². The van der Waals surface area contributed by atoms with Crippen LogP contribution in [0.2, 0.25) is 0 Å². The van der Waals surface area contributed by atoms with Gasteiger partial charge in [0.1, 0.15) is 0 Å². The molecule has 0 saturated heterocycles. The van der Waals surface area contributed by atoms with E-state index in [1.54, 1.807) is 0 Å². The van der Waals surface area contributed by atoms with E-state index in [1.165, 1.54) is 61.2 Å². The summed E-state index contributed by atoms with van der Waals surface area (Å²) in [5, 5.41) is 0. The molecule has 1 aliphatic carbocycles. The summed E-state index contributed by atoms with van der Waals surface area (Å²) in [6.45, 7) is 4.31. The number of hydrogen-bond acceptors (Lipinski definition) is 1. The second-order valence-electron chi connectivity index (χ2n) is 13.0. The van der Waals surface area contributed by atoms with Gasteiger partial charge < -0.3 is 4.90 Å². The lowest BCUT2D eigenvalue weighted by Gasteiger charge is -2.29. The molecular weight excluding hydrogens is 627 g/mol. The second-order valence-corrected chi connectivity index (χ2v) is 13.0. The monoisotopic (exact) mass is 665 g/mol. The second kappa shape index (κ2) is 15.0. The van der Waals surface area contributed by atoms with E-state index in [0.29, 0.717) is 0 Å². The molecule has 0 saturated carbocycles. The molecule has 0 aliphatic heterocycles. The Kier molecular flexibility index (Phi) is 9.40. The van der Waals surface area contributed by atoms with Crippen LogP contribution in [0, 0.1) is 0 Å². The highest BCUT2D eigenvalue weighted by molar-refractivity contribution is 5.88. The maximum atomic E-state index is 4.31. The van der Waals surface area contributed by atoms with Crippen molar-refractivity contribution in [2.45, 2.75) is 6.42 Å². The molecule has 0 heterocycles. The first-order valence-electron chi connectivity index (χ1n) is 17.9. The van der Waals surface area contributed by atoms with Gasteiger partial charge in [-0.05, 0) is 98.0 Å². The van der Waals surface area contributed by atoms with Crippen molar-refractivity contribution in [3.8, 4) is 55.6 Å². The quantitative estimate of drug-likeness (QED) is 0.148. The van der Waals surface area contributed by atoms with Gasteiger partial charge in [0, 0.05) is 17.1 Å². The lowest BCUT2D eigenvalue weighted by atomic mass is 9.92. The first-order chi connectivity index (χ1) is 25.7. The minimum Gasteiger partial charge on any atom is -0.310 e. The first-order valence-corrected chi connectivity index (χ1v) is 17.9. The number of anilines is 2. The highest BCUT2D eigenvalue weighted by Crippen LogP contribution is 2.41. The molecule has 7 aromatic rings. The van der Waals surface area contributed by atoms with Crippen LogP contribution in [0.3, 0.4) is 0 Å². The van der Waals surface area contributed by atoms with E-state index >= 15 is 0 Å². The normalized spacial score (nSPS) is 13.1. The summed E-state index contributed by atoms with van der Waals surface area (Å²) in [6, 6.07) is 65.3. The number of benzene rings is 7. The Morgan fingerprint density at radius 3 is 1.33 bits per heavy atom. The van der Waals surface area contributed by atoms with Crippen LogP contribution < -0.4 is 4.90 Å². The van der Waals surface area contributed by atoms with Crippen LogP contribution in [-0.2, 0) is 0 Å². The third kappa shape index (κ3) is 6.86. The Bertz CT molecular complexity index is 2380. The van der Waals surface area contributed by atoms with E-state index in [0.717, 1.165) is 23.5 Å². The molecule has 0 bridgehead atoms. The van der Waals surface area contributed by atoms with E-state index in [4.69, 9.17) is 0 Å². The Morgan fingerprint density at radius 2 is 0.846 bits per heavy atom. The first kappa shape index (κ1) is 32.5. The molecular formula is C51H39N. The van der Waals surface area contributed by atoms with Gasteiger partial charge in [-0.1, -0.05) is 189 Å². The van der Waals surface area contributed by atoms with E-state index in [2.05, 4.69) is 218 Å². The minimum atomic E-state index is 0.849. The van der Waals surface area contributed by atoms with Gasteiger partial charge in [0.25, 0.3) is 0 Å². The molecule has 1 heteroatoms. The molecule has 0 atom stereocenters. The van der Waals surface area contributed by atoms with Crippen molar-refractivity contribution in [1.82, 2.24) is 0 Å². The number of hydrogen-bond donors (Lipinski definition) is 0. The molecule has 0 amide bonds. The predicted molar refractivity (Wildman–Crippen MR) is 222 cm³/mol. The van der Waals surface area contributed by atoms with Crippen LogP contribution in [0.25, 0.3) is 55.6 Å². The van der Waals surface area contributed by atoms with E-state index in [-0.39, 0.29) is 0 Å². The van der Waals surface area contributed by atoms with Gasteiger partial charge >= 0.3 is 0 Å². The lowest BCUT2D eigenvalue weighted by molar-refractivity contribution is 1.13. The van der Waals surface area contributed by atoms with E-state index < -0.39 is 0 Å². The van der Waals surface area contributed by atoms with Crippen LogP contribution in [0.1, 0.15) is 6.42 Å². The van der Waals surface area contributed by atoms with Crippen LogP contribution in [0.4, 0.5) is 11.4 Å². The van der Waals surface area contributed by atoms with Crippen LogP contribution in [0.15, 0.2) is 230 Å². The van der Waals surface area contributed by atoms with E-state index in [9.17, 15) is 0 Å². The van der Waals surface area contributed by atoms with Gasteiger partial charge in [-0.15, -0.1) is 0 Å². The molecule has 1 aliphatic rings. The van der Waals surface area contributed by atoms with Gasteiger partial charge in [0.15, 0.2) is 0 Å². The Hall–Kier alpha value is -6.70. The van der Waals surface area contributed by atoms with Crippen molar-refractivity contribution in [1.29, 1.82) is 0 Å². The summed E-state index contributed by atoms with van der Waals surface area (Å²) >= 11 is 0. The molecule has 0 N–H and O–H groups in total. The highest BCUT2D eigenvalue weighted by Gasteiger charge is 2.19. The zero-order chi connectivity index (χ0) is 35.1. The molecule has 248 valence electrons. The highest BCUT2D eigenvalue weighted by atomic mass is 15.1. The number of allylic oxidation sites excluding steroid dienone is 6. The largest absolute Gasteiger partial charge is 0.310 e. The summed E-state index contributed by atoms with van der Waals surface area (Å²) in [4.78, 5) is 2.35. The molecule has 0 fully saturated rings. The average molecular weight is 666 g/mol. The fraction of sp³-hybridized carbons (Fsp3) is 0.0196. The third-order valence-electron chi connectivity index (χ3n) is 9.75. The SMILES string of the molecule is C=C/C(=C1/C=CC=CC1)N(c1ccc(-c2ccccc2)cc1)c1ccc(-c2ccc(-c3ccc(-c4ccccc4)cc3)cc2)c(-c2ccccc2)c1. The summed E-state index contributed by atoms with van der Waals surface area (Å²) < 4.78 is 0. The number of nitrogens with zero attached hydrogens (tertiary/aromatic N) is 1. The van der Waals surface area contributed by atoms with Gasteiger partial charge in [-0.25, -0.2) is 0 Å². The Balaban J connectivity index is 1.19. The van der Waals surface area contributed by atoms with Crippen molar-refractivity contribution in [3.63, 3.8) is 0 Å². The molecule has 0 radical (unpaired) electrons. The van der Waals surface area contributed by atoms with Crippen molar-refractivity contribution < 1.29 is 0 Å². The lowest BCUT2D eigenvalue weighted by Crippen LogP contribution is -2.17. The predicted octanol–water partition coefficient (Wildman–Crippen LogP) is 14.1. The van der Waals surface area contributed by atoms with Gasteiger partial charge in [-0.3, -0.25) is 0 Å². The van der Waals surface area contributed by atoms with E-state index in [1.807, 2.05) is 6.08 Å². The van der Waals surface area contributed by atoms with Crippen molar-refractivity contribution in [3.05, 3.63) is 230 Å². The molecule has 8 rings (SSSR count). The molecule has 0 aromatic heterocycles. The van der Waals surface area contributed by atoms with Gasteiger partial charge in [0.2, 0.25) is 0 Å². The molecule has 7 aromatic carbocycles. The average Bonchev–Trinajstić information content (AvgIpc) is 3.24. The Labute approximate surface area is 307 Å². The maximum Gasteiger partial charge on any atom is 0.0490 e. The number of rotatable bonds is 9. The minimum absolute atomic E-state index is 0.849. The molecule has 0 spiro atoms. The Morgan fingerprint density at radius 1 is 0.423 bits per heavy atom. The van der Waals surface area contributed by atoms with Crippen LogP contribution in [-0.4, -0.2) is 0 Å². The zero-order valence-corrected chi connectivity index (χ0v) is 29.1. The van der Waals surface area contributed by atoms with Crippen LogP contribution in [0.5, 0.6) is 0 Å². The third-order valence-corrected chi connectivity index (χ3v) is 9.75. The summed E-state index contributed by atoms with van der Waals surface area (Å²) in [5.74, 6) is 0. The topological polar surface area (TPSA) is 3.24 Å². The zero-order valence-electron chi connectivity index (χ0n) is 29.1. The van der Waals surface area contributed by atoms with Crippen molar-refractivity contribution in [2.24, 2.45) is 0 Å².